The molecule has 1 aliphatic heterocycles. The van der Waals surface area contributed by atoms with Crippen molar-refractivity contribution in [1.29, 1.82) is 0 Å². The molecule has 1 saturated heterocycles. The Balaban J connectivity index is 1.56. The van der Waals surface area contributed by atoms with Crippen LogP contribution >= 0.6 is 0 Å². The molecule has 138 valence electrons. The minimum atomic E-state index is -0.141. The summed E-state index contributed by atoms with van der Waals surface area (Å²) in [4.78, 5) is 19.2. The van der Waals surface area contributed by atoms with E-state index >= 15 is 0 Å². The zero-order valence-electron chi connectivity index (χ0n) is 15.3. The molecule has 4 rings (SSSR count). The number of likely N-dealkylation sites (tertiary alicyclic amines) is 1. The van der Waals surface area contributed by atoms with E-state index in [1.54, 1.807) is 0 Å². The van der Waals surface area contributed by atoms with Gasteiger partial charge in [-0.05, 0) is 49.8 Å². The van der Waals surface area contributed by atoms with E-state index in [-0.39, 0.29) is 11.6 Å². The van der Waals surface area contributed by atoms with Crippen LogP contribution in [0.3, 0.4) is 0 Å². The highest BCUT2D eigenvalue weighted by Crippen LogP contribution is 2.49. The molecule has 3 N–H and O–H groups in total. The molecule has 0 unspecified atom stereocenters. The van der Waals surface area contributed by atoms with Crippen LogP contribution in [-0.2, 0) is 6.42 Å². The Morgan fingerprint density at radius 1 is 1.46 bits per heavy atom. The zero-order valence-corrected chi connectivity index (χ0v) is 15.3. The van der Waals surface area contributed by atoms with Gasteiger partial charge in [-0.2, -0.15) is 4.98 Å². The second-order valence-electron chi connectivity index (χ2n) is 7.31. The number of nitrogens with zero attached hydrogens (tertiary/aromatic N) is 3. The summed E-state index contributed by atoms with van der Waals surface area (Å²) in [6, 6.07) is 5.70. The number of rotatable bonds is 4. The van der Waals surface area contributed by atoms with E-state index in [1.165, 1.54) is 6.42 Å². The summed E-state index contributed by atoms with van der Waals surface area (Å²) in [5.41, 5.74) is 8.44. The van der Waals surface area contributed by atoms with Gasteiger partial charge in [0.25, 0.3) is 5.89 Å². The SMILES string of the molecule is CCc1noc(-c2ccc(C)c(NC(=O)N3CC[C@@H]4CC[C@@]43CN)c2)n1. The molecule has 2 atom stereocenters. The van der Waals surface area contributed by atoms with Gasteiger partial charge in [0.2, 0.25) is 0 Å². The molecule has 1 aromatic carbocycles. The highest BCUT2D eigenvalue weighted by atomic mass is 16.5. The Bertz CT molecular complexity index is 829. The van der Waals surface area contributed by atoms with Crippen molar-refractivity contribution in [2.75, 3.05) is 18.4 Å². The van der Waals surface area contributed by atoms with Crippen LogP contribution in [0.1, 0.15) is 37.6 Å². The fraction of sp³-hybridized carbons (Fsp3) is 0.526. The first-order valence-electron chi connectivity index (χ1n) is 9.29. The number of nitrogens with two attached hydrogens (primary N) is 1. The molecule has 2 heterocycles. The van der Waals surface area contributed by atoms with Crippen molar-refractivity contribution in [3.8, 4) is 11.5 Å². The number of benzene rings is 1. The molecule has 1 aliphatic carbocycles. The summed E-state index contributed by atoms with van der Waals surface area (Å²) < 4.78 is 5.31. The van der Waals surface area contributed by atoms with Crippen molar-refractivity contribution in [3.63, 3.8) is 0 Å². The first kappa shape index (κ1) is 17.0. The van der Waals surface area contributed by atoms with Gasteiger partial charge < -0.3 is 20.5 Å². The van der Waals surface area contributed by atoms with E-state index in [0.29, 0.717) is 24.2 Å². The summed E-state index contributed by atoms with van der Waals surface area (Å²) >= 11 is 0. The van der Waals surface area contributed by atoms with Gasteiger partial charge >= 0.3 is 6.03 Å². The van der Waals surface area contributed by atoms with E-state index < -0.39 is 0 Å². The molecule has 2 fully saturated rings. The number of urea groups is 1. The van der Waals surface area contributed by atoms with Crippen LogP contribution in [0.15, 0.2) is 22.7 Å². The Morgan fingerprint density at radius 2 is 2.31 bits per heavy atom. The van der Waals surface area contributed by atoms with E-state index in [9.17, 15) is 4.79 Å². The number of hydrogen-bond donors (Lipinski definition) is 2. The molecule has 1 aromatic heterocycles. The fourth-order valence-electron chi connectivity index (χ4n) is 4.23. The molecule has 7 heteroatoms. The highest BCUT2D eigenvalue weighted by Gasteiger charge is 2.55. The molecule has 0 radical (unpaired) electrons. The first-order valence-corrected chi connectivity index (χ1v) is 9.29. The van der Waals surface area contributed by atoms with Gasteiger partial charge in [-0.25, -0.2) is 4.79 Å². The second-order valence-corrected chi connectivity index (χ2v) is 7.31. The fourth-order valence-corrected chi connectivity index (χ4v) is 4.23. The molecule has 2 amide bonds. The monoisotopic (exact) mass is 355 g/mol. The lowest BCUT2D eigenvalue weighted by molar-refractivity contribution is 0.0557. The summed E-state index contributed by atoms with van der Waals surface area (Å²) in [6.07, 6.45) is 3.94. The number of carbonyl (C=O) groups excluding carboxylic acids is 1. The summed E-state index contributed by atoms with van der Waals surface area (Å²) in [5.74, 6) is 1.69. The van der Waals surface area contributed by atoms with Crippen LogP contribution in [0.2, 0.25) is 0 Å². The van der Waals surface area contributed by atoms with Crippen LogP contribution in [0.25, 0.3) is 11.5 Å². The number of anilines is 1. The van der Waals surface area contributed by atoms with Gasteiger partial charge in [0.05, 0.1) is 5.54 Å². The molecule has 0 spiro atoms. The standard InChI is InChI=1S/C19H25N5O2/c1-3-16-22-17(26-23-16)13-5-4-12(2)15(10-13)21-18(25)24-9-7-14-6-8-19(14,24)11-20/h4-5,10,14H,3,6-9,11,20H2,1-2H3,(H,21,25)/t14-,19+/m0/s1. The average molecular weight is 355 g/mol. The van der Waals surface area contributed by atoms with Crippen LogP contribution in [0, 0.1) is 12.8 Å². The number of aryl methyl sites for hydroxylation is 2. The molecule has 2 aromatic rings. The van der Waals surface area contributed by atoms with Gasteiger partial charge in [-0.3, -0.25) is 0 Å². The van der Waals surface area contributed by atoms with Crippen molar-refractivity contribution < 1.29 is 9.32 Å². The normalized spacial score (nSPS) is 24.3. The molecule has 2 aliphatic rings. The lowest BCUT2D eigenvalue weighted by Crippen LogP contribution is -2.61. The number of hydrogen-bond acceptors (Lipinski definition) is 5. The molecule has 7 nitrogen and oxygen atoms in total. The lowest BCUT2D eigenvalue weighted by atomic mass is 9.67. The number of aromatic nitrogens is 2. The topological polar surface area (TPSA) is 97.3 Å². The maximum Gasteiger partial charge on any atom is 0.322 e. The second kappa shape index (κ2) is 6.39. The number of fused-ring (bicyclic) bond motifs is 1. The summed E-state index contributed by atoms with van der Waals surface area (Å²) in [6.45, 7) is 5.26. The third-order valence-electron chi connectivity index (χ3n) is 6.03. The molecular formula is C19H25N5O2. The van der Waals surface area contributed by atoms with Gasteiger partial charge in [0.1, 0.15) is 0 Å². The van der Waals surface area contributed by atoms with Gasteiger partial charge in [0.15, 0.2) is 5.82 Å². The Hall–Kier alpha value is -2.41. The Labute approximate surface area is 152 Å². The predicted octanol–water partition coefficient (Wildman–Crippen LogP) is 2.95. The van der Waals surface area contributed by atoms with Gasteiger partial charge in [-0.1, -0.05) is 18.1 Å². The molecule has 26 heavy (non-hydrogen) atoms. The molecular weight excluding hydrogens is 330 g/mol. The van der Waals surface area contributed by atoms with E-state index in [0.717, 1.165) is 42.6 Å². The third-order valence-corrected chi connectivity index (χ3v) is 6.03. The number of nitrogens with one attached hydrogen (secondary N) is 1. The molecule has 1 saturated carbocycles. The Kier molecular flexibility index (Phi) is 4.19. The predicted molar refractivity (Wildman–Crippen MR) is 98.7 cm³/mol. The van der Waals surface area contributed by atoms with E-state index in [1.807, 2.05) is 36.9 Å². The quantitative estimate of drug-likeness (QED) is 0.879. The van der Waals surface area contributed by atoms with Gasteiger partial charge in [0, 0.05) is 30.8 Å². The Morgan fingerprint density at radius 3 is 2.96 bits per heavy atom. The number of amides is 2. The maximum atomic E-state index is 12.9. The summed E-state index contributed by atoms with van der Waals surface area (Å²) in [5, 5.41) is 7.01. The van der Waals surface area contributed by atoms with Crippen LogP contribution < -0.4 is 11.1 Å². The minimum Gasteiger partial charge on any atom is -0.334 e. The zero-order chi connectivity index (χ0) is 18.3. The van der Waals surface area contributed by atoms with Crippen molar-refractivity contribution in [2.24, 2.45) is 11.7 Å². The third kappa shape index (κ3) is 2.58. The van der Waals surface area contributed by atoms with Crippen molar-refractivity contribution >= 4 is 11.7 Å². The van der Waals surface area contributed by atoms with Crippen molar-refractivity contribution in [1.82, 2.24) is 15.0 Å². The maximum absolute atomic E-state index is 12.9. The van der Waals surface area contributed by atoms with Crippen LogP contribution in [0.4, 0.5) is 10.5 Å². The van der Waals surface area contributed by atoms with Crippen molar-refractivity contribution in [3.05, 3.63) is 29.6 Å². The van der Waals surface area contributed by atoms with Crippen LogP contribution in [0.5, 0.6) is 0 Å². The number of carbonyl (C=O) groups is 1. The highest BCUT2D eigenvalue weighted by molar-refractivity contribution is 5.91. The smallest absolute Gasteiger partial charge is 0.322 e. The minimum absolute atomic E-state index is 0.0716. The van der Waals surface area contributed by atoms with Crippen molar-refractivity contribution in [2.45, 2.75) is 45.1 Å². The van der Waals surface area contributed by atoms with Gasteiger partial charge in [-0.15, -0.1) is 0 Å². The molecule has 0 bridgehead atoms. The summed E-state index contributed by atoms with van der Waals surface area (Å²) in [7, 11) is 0. The van der Waals surface area contributed by atoms with E-state index in [4.69, 9.17) is 10.3 Å². The lowest BCUT2D eigenvalue weighted by Gasteiger charge is -2.49. The first-order chi connectivity index (χ1) is 12.6. The largest absolute Gasteiger partial charge is 0.334 e. The average Bonchev–Trinajstić information content (AvgIpc) is 3.20. The van der Waals surface area contributed by atoms with Crippen LogP contribution in [-0.4, -0.2) is 39.7 Å². The van der Waals surface area contributed by atoms with E-state index in [2.05, 4.69) is 15.5 Å².